The molecule has 1 unspecified atom stereocenters. The first-order valence-corrected chi connectivity index (χ1v) is 6.82. The van der Waals surface area contributed by atoms with Crippen molar-refractivity contribution >= 4 is 41.5 Å². The van der Waals surface area contributed by atoms with Crippen LogP contribution in [0.5, 0.6) is 0 Å². The van der Waals surface area contributed by atoms with Gasteiger partial charge < -0.3 is 16.0 Å². The molecule has 7 heteroatoms. The molecule has 2 amide bonds. The predicted octanol–water partition coefficient (Wildman–Crippen LogP) is 2.53. The van der Waals surface area contributed by atoms with Gasteiger partial charge in [-0.25, -0.2) is 0 Å². The Hall–Kier alpha value is -1.30. The number of nitrogens with one attached hydrogen (secondary N) is 1. The van der Waals surface area contributed by atoms with Crippen LogP contribution in [0, 0.1) is 0 Å². The van der Waals surface area contributed by atoms with Gasteiger partial charge in [-0.15, -0.1) is 12.4 Å². The van der Waals surface area contributed by atoms with Crippen molar-refractivity contribution in [1.82, 2.24) is 4.90 Å². The predicted molar refractivity (Wildman–Crippen MR) is 88.2 cm³/mol. The molecule has 0 bridgehead atoms. The van der Waals surface area contributed by atoms with E-state index >= 15 is 0 Å². The van der Waals surface area contributed by atoms with Gasteiger partial charge in [0.15, 0.2) is 0 Å². The third-order valence-electron chi connectivity index (χ3n) is 2.81. The fourth-order valence-corrected chi connectivity index (χ4v) is 1.88. The summed E-state index contributed by atoms with van der Waals surface area (Å²) >= 11 is 6.00. The molecule has 0 aliphatic heterocycles. The van der Waals surface area contributed by atoms with Gasteiger partial charge in [0.05, 0.1) is 16.6 Å². The van der Waals surface area contributed by atoms with Crippen molar-refractivity contribution < 1.29 is 9.59 Å². The third kappa shape index (κ3) is 5.53. The number of benzene rings is 1. The average Bonchev–Trinajstić information content (AvgIpc) is 2.40. The molecule has 1 rings (SSSR count). The first kappa shape index (κ1) is 19.7. The summed E-state index contributed by atoms with van der Waals surface area (Å²) in [5.74, 6) is -0.485. The molecule has 0 radical (unpaired) electrons. The van der Waals surface area contributed by atoms with Gasteiger partial charge in [-0.2, -0.15) is 0 Å². The molecule has 0 spiro atoms. The number of anilines is 1. The van der Waals surface area contributed by atoms with E-state index in [1.54, 1.807) is 32.3 Å². The molecule has 3 N–H and O–H groups in total. The van der Waals surface area contributed by atoms with E-state index in [2.05, 4.69) is 5.32 Å². The van der Waals surface area contributed by atoms with Crippen molar-refractivity contribution in [2.75, 3.05) is 19.4 Å². The van der Waals surface area contributed by atoms with E-state index in [9.17, 15) is 9.59 Å². The van der Waals surface area contributed by atoms with Crippen LogP contribution in [-0.4, -0.2) is 36.9 Å². The van der Waals surface area contributed by atoms with Crippen LogP contribution < -0.4 is 11.1 Å². The topological polar surface area (TPSA) is 75.4 Å². The van der Waals surface area contributed by atoms with Crippen molar-refractivity contribution in [2.45, 2.75) is 25.8 Å². The van der Waals surface area contributed by atoms with Crippen LogP contribution in [0.2, 0.25) is 5.02 Å². The van der Waals surface area contributed by atoms with Crippen molar-refractivity contribution in [3.63, 3.8) is 0 Å². The van der Waals surface area contributed by atoms with Gasteiger partial charge in [-0.3, -0.25) is 9.59 Å². The second-order valence-electron chi connectivity index (χ2n) is 4.78. The first-order chi connectivity index (χ1) is 9.36. The summed E-state index contributed by atoms with van der Waals surface area (Å²) in [5.41, 5.74) is 6.59. The molecule has 0 aromatic heterocycles. The summed E-state index contributed by atoms with van der Waals surface area (Å²) in [6.45, 7) is 1.96. The van der Waals surface area contributed by atoms with Crippen molar-refractivity contribution in [3.8, 4) is 0 Å². The maximum Gasteiger partial charge on any atom is 0.254 e. The van der Waals surface area contributed by atoms with Crippen molar-refractivity contribution in [1.29, 1.82) is 0 Å². The minimum Gasteiger partial charge on any atom is -0.345 e. The van der Waals surface area contributed by atoms with Crippen LogP contribution in [-0.2, 0) is 4.79 Å². The Morgan fingerprint density at radius 1 is 1.38 bits per heavy atom. The maximum absolute atomic E-state index is 11.9. The summed E-state index contributed by atoms with van der Waals surface area (Å²) in [6.07, 6.45) is 1.45. The summed E-state index contributed by atoms with van der Waals surface area (Å²) in [7, 11) is 3.28. The smallest absolute Gasteiger partial charge is 0.254 e. The van der Waals surface area contributed by atoms with E-state index in [0.29, 0.717) is 22.7 Å². The highest BCUT2D eigenvalue weighted by Crippen LogP contribution is 2.21. The Morgan fingerprint density at radius 2 is 2.00 bits per heavy atom. The summed E-state index contributed by atoms with van der Waals surface area (Å²) < 4.78 is 0. The second kappa shape index (κ2) is 8.87. The molecular weight excluding hydrogens is 313 g/mol. The van der Waals surface area contributed by atoms with Crippen LogP contribution in [0.4, 0.5) is 5.69 Å². The lowest BCUT2D eigenvalue weighted by Gasteiger charge is -2.14. The monoisotopic (exact) mass is 333 g/mol. The van der Waals surface area contributed by atoms with E-state index in [4.69, 9.17) is 17.3 Å². The Morgan fingerprint density at radius 3 is 2.52 bits per heavy atom. The van der Waals surface area contributed by atoms with Crippen molar-refractivity contribution in [2.24, 2.45) is 5.73 Å². The number of hydrogen-bond acceptors (Lipinski definition) is 3. The van der Waals surface area contributed by atoms with Gasteiger partial charge in [0.25, 0.3) is 5.91 Å². The fourth-order valence-electron chi connectivity index (χ4n) is 1.68. The molecule has 1 aromatic rings. The Labute approximate surface area is 136 Å². The lowest BCUT2D eigenvalue weighted by molar-refractivity contribution is -0.117. The third-order valence-corrected chi connectivity index (χ3v) is 3.14. The molecule has 0 heterocycles. The standard InChI is InChI=1S/C14H20ClN3O2.ClH/c1-4-5-12(16)13(19)17-9-6-7-11(15)10(8-9)14(20)18(2)3;/h6-8,12H,4-5,16H2,1-3H3,(H,17,19);1H. The van der Waals surface area contributed by atoms with Crippen LogP contribution in [0.1, 0.15) is 30.1 Å². The van der Waals surface area contributed by atoms with Crippen molar-refractivity contribution in [3.05, 3.63) is 28.8 Å². The van der Waals surface area contributed by atoms with Gasteiger partial charge >= 0.3 is 0 Å². The Kier molecular flexibility index (Phi) is 8.32. The molecule has 21 heavy (non-hydrogen) atoms. The van der Waals surface area contributed by atoms with E-state index in [1.807, 2.05) is 6.92 Å². The molecule has 0 saturated heterocycles. The zero-order chi connectivity index (χ0) is 15.3. The molecule has 118 valence electrons. The summed E-state index contributed by atoms with van der Waals surface area (Å²) in [5, 5.41) is 3.04. The van der Waals surface area contributed by atoms with Crippen LogP contribution >= 0.6 is 24.0 Å². The maximum atomic E-state index is 11.9. The fraction of sp³-hybridized carbons (Fsp3) is 0.429. The van der Waals surface area contributed by atoms with Gasteiger partial charge in [-0.1, -0.05) is 24.9 Å². The largest absolute Gasteiger partial charge is 0.345 e. The van der Waals surface area contributed by atoms with E-state index in [-0.39, 0.29) is 24.2 Å². The Balaban J connectivity index is 0.00000400. The number of rotatable bonds is 5. The molecule has 0 fully saturated rings. The molecule has 0 aliphatic carbocycles. The van der Waals surface area contributed by atoms with E-state index < -0.39 is 6.04 Å². The van der Waals surface area contributed by atoms with Gasteiger partial charge in [0.1, 0.15) is 0 Å². The summed E-state index contributed by atoms with van der Waals surface area (Å²) in [6, 6.07) is 4.23. The number of nitrogens with two attached hydrogens (primary N) is 1. The number of carbonyl (C=O) groups is 2. The average molecular weight is 334 g/mol. The molecule has 0 saturated carbocycles. The van der Waals surface area contributed by atoms with Gasteiger partial charge in [-0.05, 0) is 24.6 Å². The molecule has 1 aromatic carbocycles. The lowest BCUT2D eigenvalue weighted by Crippen LogP contribution is -2.35. The van der Waals surface area contributed by atoms with Gasteiger partial charge in [0, 0.05) is 19.8 Å². The summed E-state index contributed by atoms with van der Waals surface area (Å²) in [4.78, 5) is 25.2. The van der Waals surface area contributed by atoms with E-state index in [1.165, 1.54) is 4.90 Å². The zero-order valence-electron chi connectivity index (χ0n) is 12.4. The highest BCUT2D eigenvalue weighted by molar-refractivity contribution is 6.34. The van der Waals surface area contributed by atoms with Crippen LogP contribution in [0.25, 0.3) is 0 Å². The molecule has 5 nitrogen and oxygen atoms in total. The highest BCUT2D eigenvalue weighted by atomic mass is 35.5. The number of hydrogen-bond donors (Lipinski definition) is 2. The SMILES string of the molecule is CCCC(N)C(=O)Nc1ccc(Cl)c(C(=O)N(C)C)c1.Cl. The molecular formula is C14H21Cl2N3O2. The zero-order valence-corrected chi connectivity index (χ0v) is 13.9. The number of halogens is 2. The Bertz CT molecular complexity index is 507. The van der Waals surface area contributed by atoms with Crippen LogP contribution in [0.15, 0.2) is 18.2 Å². The minimum atomic E-state index is -0.552. The number of carbonyl (C=O) groups excluding carboxylic acids is 2. The molecule has 0 aliphatic rings. The number of amides is 2. The second-order valence-corrected chi connectivity index (χ2v) is 5.19. The number of nitrogens with zero attached hydrogens (tertiary/aromatic N) is 1. The quantitative estimate of drug-likeness (QED) is 0.869. The minimum absolute atomic E-state index is 0. The lowest BCUT2D eigenvalue weighted by atomic mass is 10.1. The first-order valence-electron chi connectivity index (χ1n) is 6.44. The van der Waals surface area contributed by atoms with E-state index in [0.717, 1.165) is 6.42 Å². The highest BCUT2D eigenvalue weighted by Gasteiger charge is 2.16. The normalized spacial score (nSPS) is 11.3. The van der Waals surface area contributed by atoms with Crippen LogP contribution in [0.3, 0.4) is 0 Å². The van der Waals surface area contributed by atoms with Gasteiger partial charge in [0.2, 0.25) is 5.91 Å². The molecule has 1 atom stereocenters.